The highest BCUT2D eigenvalue weighted by Crippen LogP contribution is 2.23. The van der Waals surface area contributed by atoms with Gasteiger partial charge in [0.05, 0.1) is 5.39 Å². The average molecular weight is 259 g/mol. The molecule has 1 aliphatic heterocycles. The lowest BCUT2D eigenvalue weighted by Gasteiger charge is -2.08. The van der Waals surface area contributed by atoms with Gasteiger partial charge in [-0.05, 0) is 18.6 Å². The lowest BCUT2D eigenvalue weighted by atomic mass is 10.3. The zero-order valence-corrected chi connectivity index (χ0v) is 10.2. The van der Waals surface area contributed by atoms with Gasteiger partial charge >= 0.3 is 0 Å². The van der Waals surface area contributed by atoms with E-state index in [9.17, 15) is 4.79 Å². The summed E-state index contributed by atoms with van der Waals surface area (Å²) in [5, 5.41) is 9.91. The highest BCUT2D eigenvalue weighted by atomic mass is 32.2. The first-order valence-corrected chi connectivity index (χ1v) is 6.70. The Bertz CT molecular complexity index is 821. The van der Waals surface area contributed by atoms with Crippen LogP contribution >= 0.6 is 11.8 Å². The largest absolute Gasteiger partial charge is 0.292 e. The summed E-state index contributed by atoms with van der Waals surface area (Å²) >= 11 is 1.64. The second-order valence-corrected chi connectivity index (χ2v) is 5.21. The summed E-state index contributed by atoms with van der Waals surface area (Å²) in [7, 11) is 0. The van der Waals surface area contributed by atoms with E-state index >= 15 is 0 Å². The Morgan fingerprint density at radius 2 is 2.28 bits per heavy atom. The summed E-state index contributed by atoms with van der Waals surface area (Å²) in [6, 6.07) is 3.68. The van der Waals surface area contributed by atoms with Crippen LogP contribution in [0.15, 0.2) is 28.3 Å². The maximum absolute atomic E-state index is 12.4. The van der Waals surface area contributed by atoms with Crippen molar-refractivity contribution in [3.05, 3.63) is 28.7 Å². The van der Waals surface area contributed by atoms with E-state index in [0.717, 1.165) is 22.7 Å². The molecule has 0 N–H and O–H groups in total. The molecule has 0 aromatic carbocycles. The number of hydrogen-bond acceptors (Lipinski definition) is 5. The molecule has 90 valence electrons. The third-order valence-corrected chi connectivity index (χ3v) is 4.09. The van der Waals surface area contributed by atoms with E-state index in [1.807, 2.05) is 16.6 Å². The third kappa shape index (κ3) is 1.19. The SMILES string of the molecule is O=c1c2ncccc2c2nnc3n2n1CCCS3. The van der Waals surface area contributed by atoms with Crippen molar-refractivity contribution in [2.75, 3.05) is 5.75 Å². The zero-order chi connectivity index (χ0) is 12.1. The summed E-state index contributed by atoms with van der Waals surface area (Å²) < 4.78 is 3.52. The Labute approximate surface area is 106 Å². The van der Waals surface area contributed by atoms with Crippen molar-refractivity contribution in [2.45, 2.75) is 18.1 Å². The minimum atomic E-state index is -0.0679. The zero-order valence-electron chi connectivity index (χ0n) is 9.41. The van der Waals surface area contributed by atoms with E-state index in [0.29, 0.717) is 17.7 Å². The molecule has 0 spiro atoms. The van der Waals surface area contributed by atoms with E-state index in [1.54, 1.807) is 22.6 Å². The van der Waals surface area contributed by atoms with Crippen LogP contribution in [0.25, 0.3) is 16.6 Å². The molecule has 0 unspecified atom stereocenters. The van der Waals surface area contributed by atoms with Gasteiger partial charge < -0.3 is 0 Å². The average Bonchev–Trinajstić information content (AvgIpc) is 2.70. The maximum Gasteiger partial charge on any atom is 0.292 e. The Kier molecular flexibility index (Phi) is 1.99. The fourth-order valence-corrected chi connectivity index (χ4v) is 3.15. The Morgan fingerprint density at radius 1 is 1.33 bits per heavy atom. The number of aromatic nitrogens is 5. The fourth-order valence-electron chi connectivity index (χ4n) is 2.29. The fraction of sp³-hybridized carbons (Fsp3) is 0.273. The van der Waals surface area contributed by atoms with Gasteiger partial charge in [-0.25, -0.2) is 9.20 Å². The topological polar surface area (TPSA) is 65.1 Å². The van der Waals surface area contributed by atoms with Gasteiger partial charge in [0.25, 0.3) is 5.56 Å². The smallest absolute Gasteiger partial charge is 0.265 e. The first-order chi connectivity index (χ1) is 8.86. The summed E-state index contributed by atoms with van der Waals surface area (Å²) in [6.45, 7) is 0.680. The van der Waals surface area contributed by atoms with E-state index in [2.05, 4.69) is 15.2 Å². The highest BCUT2D eigenvalue weighted by Gasteiger charge is 2.19. The van der Waals surface area contributed by atoms with Crippen molar-refractivity contribution in [1.29, 1.82) is 0 Å². The molecule has 0 aliphatic carbocycles. The monoisotopic (exact) mass is 259 g/mol. The molecule has 0 fully saturated rings. The number of aryl methyl sites for hydroxylation is 1. The normalized spacial score (nSPS) is 15.1. The molecule has 4 rings (SSSR count). The first kappa shape index (κ1) is 10.1. The van der Waals surface area contributed by atoms with Crippen LogP contribution in [0.4, 0.5) is 0 Å². The molecule has 1 aliphatic rings. The molecule has 18 heavy (non-hydrogen) atoms. The second-order valence-electron chi connectivity index (χ2n) is 4.15. The molecule has 4 heterocycles. The minimum Gasteiger partial charge on any atom is -0.265 e. The quantitative estimate of drug-likeness (QED) is 0.601. The van der Waals surface area contributed by atoms with Gasteiger partial charge in [0, 0.05) is 18.5 Å². The second kappa shape index (κ2) is 3.55. The van der Waals surface area contributed by atoms with Crippen molar-refractivity contribution in [2.24, 2.45) is 0 Å². The minimum absolute atomic E-state index is 0.0679. The number of hydrogen-bond donors (Lipinski definition) is 0. The number of pyridine rings is 1. The Hall–Kier alpha value is -1.89. The van der Waals surface area contributed by atoms with Crippen LogP contribution in [0, 0.1) is 0 Å². The van der Waals surface area contributed by atoms with Crippen LogP contribution in [-0.4, -0.2) is 30.1 Å². The van der Waals surface area contributed by atoms with Crippen molar-refractivity contribution < 1.29 is 0 Å². The molecule has 0 saturated carbocycles. The molecule has 3 aromatic heterocycles. The Balaban J connectivity index is 2.32. The molecule has 0 saturated heterocycles. The molecule has 3 aromatic rings. The molecule has 7 heteroatoms. The van der Waals surface area contributed by atoms with Crippen molar-refractivity contribution in [1.82, 2.24) is 24.4 Å². The molecule has 6 nitrogen and oxygen atoms in total. The third-order valence-electron chi connectivity index (χ3n) is 3.08. The molecular formula is C11H9N5OS. The maximum atomic E-state index is 12.4. The number of thioether (sulfide) groups is 1. The highest BCUT2D eigenvalue weighted by molar-refractivity contribution is 7.99. The van der Waals surface area contributed by atoms with Gasteiger partial charge in [0.1, 0.15) is 5.52 Å². The van der Waals surface area contributed by atoms with Crippen LogP contribution in [0.5, 0.6) is 0 Å². The van der Waals surface area contributed by atoms with Gasteiger partial charge in [0.15, 0.2) is 5.65 Å². The van der Waals surface area contributed by atoms with E-state index in [1.165, 1.54) is 0 Å². The summed E-state index contributed by atoms with van der Waals surface area (Å²) in [5.74, 6) is 0.950. The lowest BCUT2D eigenvalue weighted by molar-refractivity contribution is 0.527. The van der Waals surface area contributed by atoms with E-state index in [-0.39, 0.29) is 5.56 Å². The lowest BCUT2D eigenvalue weighted by Crippen LogP contribution is -2.26. The molecule has 0 atom stereocenters. The predicted octanol–water partition coefficient (Wildman–Crippen LogP) is 0.935. The summed E-state index contributed by atoms with van der Waals surface area (Å²) in [6.07, 6.45) is 2.58. The van der Waals surface area contributed by atoms with Crippen LogP contribution in [0.1, 0.15) is 6.42 Å². The summed E-state index contributed by atoms with van der Waals surface area (Å²) in [4.78, 5) is 16.6. The van der Waals surface area contributed by atoms with Gasteiger partial charge in [-0.3, -0.25) is 9.78 Å². The van der Waals surface area contributed by atoms with Crippen LogP contribution in [0.2, 0.25) is 0 Å². The van der Waals surface area contributed by atoms with Gasteiger partial charge in [-0.15, -0.1) is 10.2 Å². The van der Waals surface area contributed by atoms with Crippen LogP contribution in [-0.2, 0) is 6.54 Å². The van der Waals surface area contributed by atoms with Crippen molar-refractivity contribution in [3.63, 3.8) is 0 Å². The van der Waals surface area contributed by atoms with Crippen LogP contribution < -0.4 is 5.56 Å². The van der Waals surface area contributed by atoms with Gasteiger partial charge in [-0.1, -0.05) is 11.8 Å². The first-order valence-electron chi connectivity index (χ1n) is 5.72. The Morgan fingerprint density at radius 3 is 3.22 bits per heavy atom. The van der Waals surface area contributed by atoms with Crippen molar-refractivity contribution in [3.8, 4) is 0 Å². The standard InChI is InChI=1S/C11H9N5OS/c17-10-8-7(3-1-4-12-8)9-13-14-11-16(9)15(10)5-2-6-18-11/h1,3-4H,2,5-6H2. The molecule has 0 radical (unpaired) electrons. The van der Waals surface area contributed by atoms with Gasteiger partial charge in [0.2, 0.25) is 5.16 Å². The molecule has 0 bridgehead atoms. The number of rotatable bonds is 0. The number of fused-ring (bicyclic) bond motifs is 2. The van der Waals surface area contributed by atoms with Gasteiger partial charge in [-0.2, -0.15) is 0 Å². The molecule has 0 amide bonds. The number of nitrogens with zero attached hydrogens (tertiary/aromatic N) is 5. The van der Waals surface area contributed by atoms with E-state index < -0.39 is 0 Å². The molecular weight excluding hydrogens is 250 g/mol. The summed E-state index contributed by atoms with van der Waals surface area (Å²) in [5.41, 5.74) is 1.11. The van der Waals surface area contributed by atoms with Crippen molar-refractivity contribution >= 4 is 28.3 Å². The predicted molar refractivity (Wildman–Crippen MR) is 67.9 cm³/mol. The van der Waals surface area contributed by atoms with Crippen LogP contribution in [0.3, 0.4) is 0 Å². The van der Waals surface area contributed by atoms with E-state index in [4.69, 9.17) is 0 Å².